The van der Waals surface area contributed by atoms with Crippen molar-refractivity contribution < 1.29 is 0 Å². The average Bonchev–Trinajstić information content (AvgIpc) is 2.94. The Morgan fingerprint density at radius 1 is 1.15 bits per heavy atom. The lowest BCUT2D eigenvalue weighted by atomic mass is 10.2. The lowest BCUT2D eigenvalue weighted by Crippen LogP contribution is -1.78. The minimum absolute atomic E-state index is 1.16. The summed E-state index contributed by atoms with van der Waals surface area (Å²) in [6.45, 7) is 15.1. The molecule has 2 rings (SSSR count). The van der Waals surface area contributed by atoms with E-state index in [0.717, 1.165) is 4.91 Å². The van der Waals surface area contributed by atoms with E-state index in [4.69, 9.17) is 0 Å². The molecule has 106 valence electrons. The van der Waals surface area contributed by atoms with Crippen LogP contribution in [0.2, 0.25) is 0 Å². The SMILES string of the molecule is C=C(SC(C)=C(C)C)c1sc(-c2sccc2C)cc1C. The Hall–Kier alpha value is -0.770. The largest absolute Gasteiger partial charge is 0.143 e. The van der Waals surface area contributed by atoms with Gasteiger partial charge in [0.05, 0.1) is 0 Å². The van der Waals surface area contributed by atoms with Gasteiger partial charge in [-0.15, -0.1) is 22.7 Å². The van der Waals surface area contributed by atoms with Gasteiger partial charge in [-0.25, -0.2) is 0 Å². The Labute approximate surface area is 134 Å². The molecule has 2 heterocycles. The summed E-state index contributed by atoms with van der Waals surface area (Å²) in [7, 11) is 0. The summed E-state index contributed by atoms with van der Waals surface area (Å²) >= 11 is 5.47. The fraction of sp³-hybridized carbons (Fsp3) is 0.294. The van der Waals surface area contributed by atoms with Crippen molar-refractivity contribution in [3.63, 3.8) is 0 Å². The third-order valence-corrected chi connectivity index (χ3v) is 7.02. The highest BCUT2D eigenvalue weighted by molar-refractivity contribution is 8.11. The van der Waals surface area contributed by atoms with Crippen molar-refractivity contribution in [2.24, 2.45) is 0 Å². The first-order chi connectivity index (χ1) is 9.40. The normalized spacial score (nSPS) is 10.7. The van der Waals surface area contributed by atoms with E-state index in [1.165, 1.54) is 36.2 Å². The van der Waals surface area contributed by atoms with Crippen LogP contribution in [0, 0.1) is 13.8 Å². The number of hydrogen-bond donors (Lipinski definition) is 0. The van der Waals surface area contributed by atoms with Gasteiger partial charge in [-0.05, 0) is 68.2 Å². The van der Waals surface area contributed by atoms with Gasteiger partial charge in [-0.1, -0.05) is 23.9 Å². The summed E-state index contributed by atoms with van der Waals surface area (Å²) in [5, 5.41) is 2.16. The number of thiophene rings is 2. The van der Waals surface area contributed by atoms with Crippen LogP contribution in [0.4, 0.5) is 0 Å². The first-order valence-corrected chi connectivity index (χ1v) is 9.07. The monoisotopic (exact) mass is 320 g/mol. The summed E-state index contributed by atoms with van der Waals surface area (Å²) in [5.41, 5.74) is 4.05. The van der Waals surface area contributed by atoms with E-state index in [2.05, 4.69) is 58.7 Å². The second-order valence-electron chi connectivity index (χ2n) is 5.14. The number of aryl methyl sites for hydroxylation is 2. The molecule has 0 atom stereocenters. The number of hydrogen-bond acceptors (Lipinski definition) is 3. The van der Waals surface area contributed by atoms with Gasteiger partial charge in [0.2, 0.25) is 0 Å². The maximum Gasteiger partial charge on any atom is 0.0472 e. The molecule has 0 aliphatic carbocycles. The van der Waals surface area contributed by atoms with Gasteiger partial charge >= 0.3 is 0 Å². The highest BCUT2D eigenvalue weighted by atomic mass is 32.2. The first-order valence-electron chi connectivity index (χ1n) is 6.56. The lowest BCUT2D eigenvalue weighted by molar-refractivity contribution is 1.35. The number of thioether (sulfide) groups is 1. The molecule has 20 heavy (non-hydrogen) atoms. The van der Waals surface area contributed by atoms with Gasteiger partial charge in [0.25, 0.3) is 0 Å². The van der Waals surface area contributed by atoms with Crippen LogP contribution in [0.15, 0.2) is 34.6 Å². The van der Waals surface area contributed by atoms with Crippen LogP contribution in [-0.2, 0) is 0 Å². The molecule has 2 aromatic rings. The molecule has 0 fully saturated rings. The Morgan fingerprint density at radius 3 is 2.40 bits per heavy atom. The van der Waals surface area contributed by atoms with Crippen molar-refractivity contribution in [1.82, 2.24) is 0 Å². The van der Waals surface area contributed by atoms with E-state index in [1.54, 1.807) is 11.8 Å². The molecule has 2 aromatic heterocycles. The summed E-state index contributed by atoms with van der Waals surface area (Å²) < 4.78 is 0. The zero-order valence-corrected chi connectivity index (χ0v) is 15.1. The number of allylic oxidation sites excluding steroid dienone is 2. The molecule has 0 spiro atoms. The van der Waals surface area contributed by atoms with Crippen molar-refractivity contribution in [1.29, 1.82) is 0 Å². The van der Waals surface area contributed by atoms with Crippen LogP contribution in [0.25, 0.3) is 14.7 Å². The summed E-state index contributed by atoms with van der Waals surface area (Å²) in [5.74, 6) is 0. The summed E-state index contributed by atoms with van der Waals surface area (Å²) in [4.78, 5) is 6.57. The molecule has 0 amide bonds. The fourth-order valence-corrected chi connectivity index (χ4v) is 5.06. The van der Waals surface area contributed by atoms with Gasteiger partial charge in [0.15, 0.2) is 0 Å². The van der Waals surface area contributed by atoms with Gasteiger partial charge in [-0.3, -0.25) is 0 Å². The molecule has 0 N–H and O–H groups in total. The molecule has 0 nitrogen and oxygen atoms in total. The average molecular weight is 321 g/mol. The maximum atomic E-state index is 4.27. The van der Waals surface area contributed by atoms with Crippen LogP contribution in [0.3, 0.4) is 0 Å². The predicted molar refractivity (Wildman–Crippen MR) is 97.8 cm³/mol. The third-order valence-electron chi connectivity index (χ3n) is 3.24. The molecule has 0 aromatic carbocycles. The molecule has 0 bridgehead atoms. The molecule has 0 radical (unpaired) electrons. The van der Waals surface area contributed by atoms with Crippen LogP contribution < -0.4 is 0 Å². The first kappa shape index (κ1) is 15.6. The predicted octanol–water partition coefficient (Wildman–Crippen LogP) is 7.11. The summed E-state index contributed by atoms with van der Waals surface area (Å²) in [6.07, 6.45) is 0. The Bertz CT molecular complexity index is 664. The van der Waals surface area contributed by atoms with E-state index in [1.807, 2.05) is 22.7 Å². The number of rotatable bonds is 4. The van der Waals surface area contributed by atoms with E-state index >= 15 is 0 Å². The fourth-order valence-electron chi connectivity index (χ4n) is 1.83. The van der Waals surface area contributed by atoms with Gasteiger partial charge in [0.1, 0.15) is 0 Å². The van der Waals surface area contributed by atoms with Gasteiger partial charge in [0, 0.05) is 19.5 Å². The van der Waals surface area contributed by atoms with Crippen LogP contribution >= 0.6 is 34.4 Å². The Morgan fingerprint density at radius 2 is 1.85 bits per heavy atom. The zero-order chi connectivity index (χ0) is 14.9. The summed E-state index contributed by atoms with van der Waals surface area (Å²) in [6, 6.07) is 4.48. The molecule has 0 aliphatic heterocycles. The van der Waals surface area contributed by atoms with Gasteiger partial charge in [-0.2, -0.15) is 0 Å². The molecule has 0 saturated heterocycles. The molecular weight excluding hydrogens is 300 g/mol. The van der Waals surface area contributed by atoms with E-state index in [0.29, 0.717) is 0 Å². The van der Waals surface area contributed by atoms with Crippen molar-refractivity contribution in [3.8, 4) is 9.75 Å². The van der Waals surface area contributed by atoms with Crippen molar-refractivity contribution in [2.75, 3.05) is 0 Å². The molecule has 0 saturated carbocycles. The minimum Gasteiger partial charge on any atom is -0.143 e. The second kappa shape index (κ2) is 6.33. The second-order valence-corrected chi connectivity index (χ2v) is 8.41. The van der Waals surface area contributed by atoms with E-state index in [-0.39, 0.29) is 0 Å². The topological polar surface area (TPSA) is 0 Å². The van der Waals surface area contributed by atoms with Crippen molar-refractivity contribution in [3.05, 3.63) is 50.6 Å². The quantitative estimate of drug-likeness (QED) is 0.578. The van der Waals surface area contributed by atoms with E-state index < -0.39 is 0 Å². The highest BCUT2D eigenvalue weighted by Gasteiger charge is 2.13. The lowest BCUT2D eigenvalue weighted by Gasteiger charge is -2.06. The van der Waals surface area contributed by atoms with Crippen LogP contribution in [0.1, 0.15) is 36.8 Å². The van der Waals surface area contributed by atoms with Crippen LogP contribution in [-0.4, -0.2) is 0 Å². The molecule has 3 heteroatoms. The molecule has 0 unspecified atom stereocenters. The third kappa shape index (κ3) is 3.27. The Balaban J connectivity index is 2.31. The standard InChI is InChI=1S/C17H20S3/c1-10(2)13(5)19-14(6)16-12(4)9-15(20-16)17-11(3)7-8-18-17/h7-9H,6H2,1-5H3. The molecular formula is C17H20S3. The maximum absolute atomic E-state index is 4.27. The Kier molecular flexibility index (Phi) is 4.95. The minimum atomic E-state index is 1.16. The van der Waals surface area contributed by atoms with E-state index in [9.17, 15) is 0 Å². The van der Waals surface area contributed by atoms with Gasteiger partial charge < -0.3 is 0 Å². The highest BCUT2D eigenvalue weighted by Crippen LogP contribution is 2.43. The smallest absolute Gasteiger partial charge is 0.0472 e. The van der Waals surface area contributed by atoms with Crippen LogP contribution in [0.5, 0.6) is 0 Å². The van der Waals surface area contributed by atoms with Crippen molar-refractivity contribution in [2.45, 2.75) is 34.6 Å². The molecule has 0 aliphatic rings. The van der Waals surface area contributed by atoms with Crippen molar-refractivity contribution >= 4 is 39.3 Å². The zero-order valence-electron chi connectivity index (χ0n) is 12.7.